The number of carbonyl (C=O) groups excluding carboxylic acids is 1. The van der Waals surface area contributed by atoms with Gasteiger partial charge in [0.05, 0.1) is 21.3 Å². The summed E-state index contributed by atoms with van der Waals surface area (Å²) >= 11 is 1.71. The molecule has 1 N–H and O–H groups in total. The maximum Gasteiger partial charge on any atom is 0.244 e. The Bertz CT molecular complexity index is 788. The van der Waals surface area contributed by atoms with Crippen LogP contribution in [0, 0.1) is 6.92 Å². The van der Waals surface area contributed by atoms with Gasteiger partial charge in [-0.1, -0.05) is 17.7 Å². The molecule has 6 heteroatoms. The molecule has 0 radical (unpaired) electrons. The van der Waals surface area contributed by atoms with Crippen molar-refractivity contribution in [2.75, 3.05) is 33.6 Å². The minimum Gasteiger partial charge on any atom is -0.493 e. The van der Waals surface area contributed by atoms with Gasteiger partial charge in [0.25, 0.3) is 0 Å². The summed E-state index contributed by atoms with van der Waals surface area (Å²) in [6.45, 7) is 2.65. The lowest BCUT2D eigenvalue weighted by Crippen LogP contribution is -2.23. The van der Waals surface area contributed by atoms with E-state index in [0.717, 1.165) is 11.3 Å². The Balaban J connectivity index is 1.89. The van der Waals surface area contributed by atoms with Crippen LogP contribution in [-0.4, -0.2) is 39.5 Å². The summed E-state index contributed by atoms with van der Waals surface area (Å²) in [4.78, 5) is 13.2. The molecule has 5 nitrogen and oxygen atoms in total. The smallest absolute Gasteiger partial charge is 0.244 e. The Morgan fingerprint density at radius 3 is 2.33 bits per heavy atom. The number of benzene rings is 2. The van der Waals surface area contributed by atoms with E-state index in [2.05, 4.69) is 36.5 Å². The number of thioether (sulfide) groups is 1. The van der Waals surface area contributed by atoms with Gasteiger partial charge in [-0.2, -0.15) is 0 Å². The first-order valence-electron chi connectivity index (χ1n) is 8.53. The van der Waals surface area contributed by atoms with E-state index < -0.39 is 0 Å². The van der Waals surface area contributed by atoms with Crippen molar-refractivity contribution in [3.8, 4) is 17.2 Å². The van der Waals surface area contributed by atoms with Gasteiger partial charge in [-0.25, -0.2) is 0 Å². The predicted molar refractivity (Wildman–Crippen MR) is 110 cm³/mol. The molecule has 0 spiro atoms. The first kappa shape index (κ1) is 20.7. The third kappa shape index (κ3) is 5.96. The molecule has 0 heterocycles. The third-order valence-electron chi connectivity index (χ3n) is 3.84. The van der Waals surface area contributed by atoms with Crippen LogP contribution in [0.5, 0.6) is 17.2 Å². The second-order valence-electron chi connectivity index (χ2n) is 5.71. The molecular formula is C21H25NO4S. The molecule has 144 valence electrons. The lowest BCUT2D eigenvalue weighted by molar-refractivity contribution is -0.116. The second-order valence-corrected chi connectivity index (χ2v) is 6.88. The highest BCUT2D eigenvalue weighted by Crippen LogP contribution is 2.40. The third-order valence-corrected chi connectivity index (χ3v) is 4.85. The van der Waals surface area contributed by atoms with Gasteiger partial charge in [-0.05, 0) is 37.3 Å². The fourth-order valence-corrected chi connectivity index (χ4v) is 3.23. The largest absolute Gasteiger partial charge is 0.493 e. The van der Waals surface area contributed by atoms with Crippen LogP contribution in [0.25, 0.3) is 6.08 Å². The zero-order valence-electron chi connectivity index (χ0n) is 16.1. The first-order valence-corrected chi connectivity index (χ1v) is 9.52. The van der Waals surface area contributed by atoms with Gasteiger partial charge in [-0.3, -0.25) is 4.79 Å². The molecule has 2 rings (SSSR count). The lowest BCUT2D eigenvalue weighted by Gasteiger charge is -2.13. The van der Waals surface area contributed by atoms with Crippen molar-refractivity contribution in [2.45, 2.75) is 11.8 Å². The molecule has 0 aromatic heterocycles. The molecule has 2 aromatic carbocycles. The number of hydrogen-bond acceptors (Lipinski definition) is 5. The number of amides is 1. The Morgan fingerprint density at radius 1 is 1.00 bits per heavy atom. The highest BCUT2D eigenvalue weighted by molar-refractivity contribution is 7.99. The van der Waals surface area contributed by atoms with E-state index in [0.29, 0.717) is 23.8 Å². The van der Waals surface area contributed by atoms with Gasteiger partial charge < -0.3 is 19.5 Å². The van der Waals surface area contributed by atoms with E-state index >= 15 is 0 Å². The maximum absolute atomic E-state index is 12.0. The molecule has 0 unspecified atom stereocenters. The molecule has 0 saturated carbocycles. The van der Waals surface area contributed by atoms with Gasteiger partial charge in [0.15, 0.2) is 11.5 Å². The Kier molecular flexibility index (Phi) is 8.07. The molecule has 1 amide bonds. The fraction of sp³-hybridized carbons (Fsp3) is 0.286. The van der Waals surface area contributed by atoms with Crippen LogP contribution in [0.1, 0.15) is 11.1 Å². The van der Waals surface area contributed by atoms with Gasteiger partial charge in [0, 0.05) is 28.8 Å². The van der Waals surface area contributed by atoms with Gasteiger partial charge >= 0.3 is 0 Å². The highest BCUT2D eigenvalue weighted by Gasteiger charge is 2.14. The molecule has 0 aliphatic heterocycles. The molecule has 27 heavy (non-hydrogen) atoms. The quantitative estimate of drug-likeness (QED) is 0.401. The van der Waals surface area contributed by atoms with E-state index in [4.69, 9.17) is 14.2 Å². The summed E-state index contributed by atoms with van der Waals surface area (Å²) in [5.74, 6) is 2.25. The number of ether oxygens (including phenoxy) is 3. The van der Waals surface area contributed by atoms with Crippen molar-refractivity contribution in [3.63, 3.8) is 0 Å². The number of methoxy groups -OCH3 is 3. The average Bonchev–Trinajstić information content (AvgIpc) is 2.69. The molecule has 0 saturated heterocycles. The second kappa shape index (κ2) is 10.5. The summed E-state index contributed by atoms with van der Waals surface area (Å²) in [6.07, 6.45) is 3.18. The Morgan fingerprint density at radius 2 is 1.70 bits per heavy atom. The number of aryl methyl sites for hydroxylation is 1. The number of hydrogen-bond donors (Lipinski definition) is 1. The average molecular weight is 388 g/mol. The Hall–Kier alpha value is -2.60. The minimum absolute atomic E-state index is 0.156. The van der Waals surface area contributed by atoms with Crippen molar-refractivity contribution < 1.29 is 19.0 Å². The SMILES string of the molecule is COc1ccc(/C=C/C(=O)NCCSc2ccc(C)cc2)c(OC)c1OC. The van der Waals surface area contributed by atoms with Crippen LogP contribution in [0.2, 0.25) is 0 Å². The zero-order valence-corrected chi connectivity index (χ0v) is 16.9. The van der Waals surface area contributed by atoms with Gasteiger partial charge in [0.1, 0.15) is 0 Å². The van der Waals surface area contributed by atoms with E-state index in [9.17, 15) is 4.79 Å². The van der Waals surface area contributed by atoms with Crippen LogP contribution >= 0.6 is 11.8 Å². The topological polar surface area (TPSA) is 56.8 Å². The Labute approximate surface area is 164 Å². The first-order chi connectivity index (χ1) is 13.1. The van der Waals surface area contributed by atoms with Crippen molar-refractivity contribution in [1.29, 1.82) is 0 Å². The van der Waals surface area contributed by atoms with Crippen LogP contribution in [-0.2, 0) is 4.79 Å². The molecule has 0 fully saturated rings. The summed E-state index contributed by atoms with van der Waals surface area (Å²) in [6, 6.07) is 11.9. The van der Waals surface area contributed by atoms with Crippen molar-refractivity contribution in [1.82, 2.24) is 5.32 Å². The molecule has 0 bridgehead atoms. The number of rotatable bonds is 9. The van der Waals surface area contributed by atoms with Crippen LogP contribution in [0.4, 0.5) is 0 Å². The summed E-state index contributed by atoms with van der Waals surface area (Å²) < 4.78 is 16.0. The normalized spacial score (nSPS) is 10.7. The van der Waals surface area contributed by atoms with E-state index in [-0.39, 0.29) is 5.91 Å². The van der Waals surface area contributed by atoms with E-state index in [1.807, 2.05) is 6.07 Å². The van der Waals surface area contributed by atoms with Gasteiger partial charge in [0.2, 0.25) is 11.7 Å². The number of nitrogens with one attached hydrogen (secondary N) is 1. The fourth-order valence-electron chi connectivity index (χ4n) is 2.46. The van der Waals surface area contributed by atoms with Crippen molar-refractivity contribution in [2.24, 2.45) is 0 Å². The van der Waals surface area contributed by atoms with E-state index in [1.54, 1.807) is 45.2 Å². The standard InChI is InChI=1S/C21H25NO4S/c1-15-5-9-17(10-6-15)27-14-13-22-19(23)12-8-16-7-11-18(24-2)21(26-4)20(16)25-3/h5-12H,13-14H2,1-4H3,(H,22,23)/b12-8+. The maximum atomic E-state index is 12.0. The molecule has 2 aromatic rings. The molecular weight excluding hydrogens is 362 g/mol. The van der Waals surface area contributed by atoms with Gasteiger partial charge in [-0.15, -0.1) is 11.8 Å². The lowest BCUT2D eigenvalue weighted by atomic mass is 10.1. The highest BCUT2D eigenvalue weighted by atomic mass is 32.2. The van der Waals surface area contributed by atoms with Crippen molar-refractivity contribution >= 4 is 23.7 Å². The summed E-state index contributed by atoms with van der Waals surface area (Å²) in [5, 5.41) is 2.88. The zero-order chi connectivity index (χ0) is 19.6. The summed E-state index contributed by atoms with van der Waals surface area (Å²) in [7, 11) is 4.66. The van der Waals surface area contributed by atoms with E-state index in [1.165, 1.54) is 16.5 Å². The number of carbonyl (C=O) groups is 1. The van der Waals surface area contributed by atoms with Crippen molar-refractivity contribution in [3.05, 3.63) is 53.6 Å². The minimum atomic E-state index is -0.156. The molecule has 0 aliphatic carbocycles. The van der Waals surface area contributed by atoms with Crippen LogP contribution < -0.4 is 19.5 Å². The van der Waals surface area contributed by atoms with Crippen LogP contribution in [0.15, 0.2) is 47.4 Å². The predicted octanol–water partition coefficient (Wildman–Crippen LogP) is 3.94. The molecule has 0 atom stereocenters. The molecule has 0 aliphatic rings. The monoisotopic (exact) mass is 387 g/mol. The van der Waals surface area contributed by atoms with Crippen LogP contribution in [0.3, 0.4) is 0 Å². The summed E-state index contributed by atoms with van der Waals surface area (Å²) in [5.41, 5.74) is 1.97.